The van der Waals surface area contributed by atoms with Crippen molar-refractivity contribution in [2.45, 2.75) is 33.3 Å². The normalized spacial score (nSPS) is 24.2. The molecule has 1 aromatic heterocycles. The lowest BCUT2D eigenvalue weighted by atomic mass is 9.93. The van der Waals surface area contributed by atoms with E-state index in [-0.39, 0.29) is 0 Å². The Hall–Kier alpha value is -1.16. The minimum atomic E-state index is 0.368. The van der Waals surface area contributed by atoms with Gasteiger partial charge in [-0.05, 0) is 25.3 Å². The lowest BCUT2D eigenvalue weighted by Crippen LogP contribution is -2.28. The Balaban J connectivity index is 1.89. The molecule has 4 heteroatoms. The van der Waals surface area contributed by atoms with E-state index < -0.39 is 0 Å². The Kier molecular flexibility index (Phi) is 3.94. The zero-order valence-electron chi connectivity index (χ0n) is 10.8. The van der Waals surface area contributed by atoms with Gasteiger partial charge in [0.25, 0.3) is 0 Å². The van der Waals surface area contributed by atoms with Crippen LogP contribution in [0.3, 0.4) is 0 Å². The molecule has 1 aliphatic rings. The van der Waals surface area contributed by atoms with E-state index in [0.717, 1.165) is 31.2 Å². The van der Waals surface area contributed by atoms with Crippen LogP contribution in [-0.4, -0.2) is 29.2 Å². The topological polar surface area (TPSA) is 47.0 Å². The number of ether oxygens (including phenoxy) is 1. The highest BCUT2D eigenvalue weighted by Crippen LogP contribution is 2.26. The Bertz CT molecular complexity index is 367. The molecule has 0 radical (unpaired) electrons. The van der Waals surface area contributed by atoms with Gasteiger partial charge < -0.3 is 10.1 Å². The van der Waals surface area contributed by atoms with E-state index in [9.17, 15) is 0 Å². The molecule has 1 fully saturated rings. The van der Waals surface area contributed by atoms with E-state index in [4.69, 9.17) is 4.74 Å². The van der Waals surface area contributed by atoms with Crippen molar-refractivity contribution in [2.24, 2.45) is 11.8 Å². The molecule has 1 aliphatic heterocycles. The molecule has 0 aromatic carbocycles. The molecular formula is C13H21N3O. The van der Waals surface area contributed by atoms with E-state index in [1.807, 2.05) is 13.0 Å². The Morgan fingerprint density at radius 2 is 2.35 bits per heavy atom. The molecule has 4 nitrogen and oxygen atoms in total. The molecule has 1 aromatic rings. The van der Waals surface area contributed by atoms with Crippen molar-refractivity contribution in [3.63, 3.8) is 0 Å². The lowest BCUT2D eigenvalue weighted by molar-refractivity contribution is 0.0566. The van der Waals surface area contributed by atoms with Crippen LogP contribution < -0.4 is 5.32 Å². The van der Waals surface area contributed by atoms with Crippen molar-refractivity contribution in [2.75, 3.05) is 18.5 Å². The van der Waals surface area contributed by atoms with Gasteiger partial charge in [-0.25, -0.2) is 9.97 Å². The fourth-order valence-electron chi connectivity index (χ4n) is 2.37. The number of hydrogen-bond acceptors (Lipinski definition) is 4. The molecule has 0 saturated carbocycles. The molecule has 1 saturated heterocycles. The minimum absolute atomic E-state index is 0.368. The first-order chi connectivity index (χ1) is 8.16. The summed E-state index contributed by atoms with van der Waals surface area (Å²) < 4.78 is 5.76. The predicted molar refractivity (Wildman–Crippen MR) is 67.9 cm³/mol. The molecule has 0 unspecified atom stereocenters. The molecule has 2 atom stereocenters. The quantitative estimate of drug-likeness (QED) is 0.869. The molecule has 17 heavy (non-hydrogen) atoms. The first-order valence-corrected chi connectivity index (χ1v) is 6.32. The van der Waals surface area contributed by atoms with Crippen LogP contribution in [0, 0.1) is 18.8 Å². The second-order valence-electron chi connectivity index (χ2n) is 5.03. The largest absolute Gasteiger partial charge is 0.378 e. The fourth-order valence-corrected chi connectivity index (χ4v) is 2.37. The van der Waals surface area contributed by atoms with Gasteiger partial charge in [0.05, 0.1) is 6.10 Å². The summed E-state index contributed by atoms with van der Waals surface area (Å²) in [5, 5.41) is 3.31. The van der Waals surface area contributed by atoms with Crippen molar-refractivity contribution in [1.82, 2.24) is 9.97 Å². The summed E-state index contributed by atoms with van der Waals surface area (Å²) in [6.07, 6.45) is 3.28. The molecule has 2 rings (SSSR count). The van der Waals surface area contributed by atoms with Crippen LogP contribution in [0.15, 0.2) is 12.3 Å². The highest BCUT2D eigenvalue weighted by Gasteiger charge is 2.30. The van der Waals surface area contributed by atoms with E-state index >= 15 is 0 Å². The Morgan fingerprint density at radius 1 is 1.53 bits per heavy atom. The van der Waals surface area contributed by atoms with Crippen molar-refractivity contribution in [3.05, 3.63) is 18.0 Å². The standard InChI is InChI=1S/C13H21N3O/c1-9(2)12-11(5-7-17-12)8-15-13-14-6-4-10(3)16-13/h4,6,9,11-12H,5,7-8H2,1-3H3,(H,14,15,16)/t11-,12-/m1/s1. The van der Waals surface area contributed by atoms with Crippen LogP contribution in [0.25, 0.3) is 0 Å². The molecule has 0 aliphatic carbocycles. The number of nitrogens with one attached hydrogen (secondary N) is 1. The number of anilines is 1. The third kappa shape index (κ3) is 3.16. The summed E-state index contributed by atoms with van der Waals surface area (Å²) in [5.74, 6) is 1.86. The second kappa shape index (κ2) is 5.45. The average molecular weight is 235 g/mol. The van der Waals surface area contributed by atoms with Crippen molar-refractivity contribution >= 4 is 5.95 Å². The Labute approximate surface area is 103 Å². The SMILES string of the molecule is Cc1ccnc(NC[C@H]2CCO[C@@H]2C(C)C)n1. The number of rotatable bonds is 4. The average Bonchev–Trinajstić information content (AvgIpc) is 2.74. The van der Waals surface area contributed by atoms with Gasteiger partial charge >= 0.3 is 0 Å². The zero-order valence-corrected chi connectivity index (χ0v) is 10.8. The van der Waals surface area contributed by atoms with E-state index in [0.29, 0.717) is 17.9 Å². The van der Waals surface area contributed by atoms with Crippen LogP contribution in [-0.2, 0) is 4.74 Å². The van der Waals surface area contributed by atoms with Crippen LogP contribution in [0.4, 0.5) is 5.95 Å². The third-order valence-corrected chi connectivity index (χ3v) is 3.24. The van der Waals surface area contributed by atoms with Crippen molar-refractivity contribution in [3.8, 4) is 0 Å². The summed E-state index contributed by atoms with van der Waals surface area (Å²) in [7, 11) is 0. The third-order valence-electron chi connectivity index (χ3n) is 3.24. The van der Waals surface area contributed by atoms with Gasteiger partial charge in [0.15, 0.2) is 0 Å². The monoisotopic (exact) mass is 235 g/mol. The van der Waals surface area contributed by atoms with Gasteiger partial charge in [-0.3, -0.25) is 0 Å². The van der Waals surface area contributed by atoms with E-state index in [2.05, 4.69) is 29.1 Å². The zero-order chi connectivity index (χ0) is 12.3. The smallest absolute Gasteiger partial charge is 0.222 e. The number of aryl methyl sites for hydroxylation is 1. The summed E-state index contributed by atoms with van der Waals surface area (Å²) in [5.41, 5.74) is 0.991. The van der Waals surface area contributed by atoms with Gasteiger partial charge in [-0.2, -0.15) is 0 Å². The summed E-state index contributed by atoms with van der Waals surface area (Å²) in [6.45, 7) is 8.18. The number of aromatic nitrogens is 2. The minimum Gasteiger partial charge on any atom is -0.378 e. The maximum atomic E-state index is 5.76. The van der Waals surface area contributed by atoms with Gasteiger partial charge in [0, 0.05) is 31.0 Å². The maximum absolute atomic E-state index is 5.76. The molecule has 0 spiro atoms. The molecule has 0 amide bonds. The Morgan fingerprint density at radius 3 is 3.06 bits per heavy atom. The van der Waals surface area contributed by atoms with Gasteiger partial charge in [0.1, 0.15) is 0 Å². The predicted octanol–water partition coefficient (Wildman–Crippen LogP) is 2.26. The van der Waals surface area contributed by atoms with E-state index in [1.165, 1.54) is 0 Å². The lowest BCUT2D eigenvalue weighted by Gasteiger charge is -2.22. The molecular weight excluding hydrogens is 214 g/mol. The van der Waals surface area contributed by atoms with Crippen LogP contribution in [0.2, 0.25) is 0 Å². The van der Waals surface area contributed by atoms with Crippen LogP contribution in [0.5, 0.6) is 0 Å². The summed E-state index contributed by atoms with van der Waals surface area (Å²) in [4.78, 5) is 8.55. The van der Waals surface area contributed by atoms with Gasteiger partial charge in [0.2, 0.25) is 5.95 Å². The number of nitrogens with zero attached hydrogens (tertiary/aromatic N) is 2. The first-order valence-electron chi connectivity index (χ1n) is 6.32. The van der Waals surface area contributed by atoms with Crippen molar-refractivity contribution in [1.29, 1.82) is 0 Å². The van der Waals surface area contributed by atoms with Crippen LogP contribution >= 0.6 is 0 Å². The molecule has 0 bridgehead atoms. The first kappa shape index (κ1) is 12.3. The molecule has 94 valence electrons. The maximum Gasteiger partial charge on any atom is 0.222 e. The molecule has 1 N–H and O–H groups in total. The van der Waals surface area contributed by atoms with Gasteiger partial charge in [-0.1, -0.05) is 13.8 Å². The second-order valence-corrected chi connectivity index (χ2v) is 5.03. The van der Waals surface area contributed by atoms with Crippen LogP contribution in [0.1, 0.15) is 26.0 Å². The summed E-state index contributed by atoms with van der Waals surface area (Å²) >= 11 is 0. The number of hydrogen-bond donors (Lipinski definition) is 1. The highest BCUT2D eigenvalue weighted by molar-refractivity contribution is 5.24. The highest BCUT2D eigenvalue weighted by atomic mass is 16.5. The van der Waals surface area contributed by atoms with E-state index in [1.54, 1.807) is 6.20 Å². The van der Waals surface area contributed by atoms with Crippen molar-refractivity contribution < 1.29 is 4.74 Å². The van der Waals surface area contributed by atoms with Gasteiger partial charge in [-0.15, -0.1) is 0 Å². The molecule has 2 heterocycles. The summed E-state index contributed by atoms with van der Waals surface area (Å²) in [6, 6.07) is 1.90. The fraction of sp³-hybridized carbons (Fsp3) is 0.692.